The van der Waals surface area contributed by atoms with Crippen molar-refractivity contribution in [3.63, 3.8) is 0 Å². The van der Waals surface area contributed by atoms with E-state index in [0.717, 1.165) is 5.57 Å². The van der Waals surface area contributed by atoms with Gasteiger partial charge in [-0.3, -0.25) is 14.4 Å². The number of aliphatic hydroxyl groups excluding tert-OH is 2. The van der Waals surface area contributed by atoms with Crippen molar-refractivity contribution in [3.8, 4) is 0 Å². The molecule has 0 saturated heterocycles. The van der Waals surface area contributed by atoms with Crippen LogP contribution in [0.25, 0.3) is 0 Å². The Bertz CT molecular complexity index is 854. The van der Waals surface area contributed by atoms with Crippen LogP contribution in [0.2, 0.25) is 0 Å². The van der Waals surface area contributed by atoms with Gasteiger partial charge >= 0.3 is 11.9 Å². The van der Waals surface area contributed by atoms with Gasteiger partial charge in [-0.1, -0.05) is 32.9 Å². The van der Waals surface area contributed by atoms with Gasteiger partial charge < -0.3 is 19.7 Å². The summed E-state index contributed by atoms with van der Waals surface area (Å²) in [6, 6.07) is 0. The lowest BCUT2D eigenvalue weighted by Gasteiger charge is -2.57. The lowest BCUT2D eigenvalue weighted by Crippen LogP contribution is -2.61. The molecule has 0 aromatic rings. The summed E-state index contributed by atoms with van der Waals surface area (Å²) in [5.74, 6) is -2.09. The summed E-state index contributed by atoms with van der Waals surface area (Å²) in [7, 11) is 0. The molecular weight excluding hydrogens is 400 g/mol. The van der Waals surface area contributed by atoms with E-state index >= 15 is 0 Å². The molecule has 0 radical (unpaired) electrons. The number of allylic oxidation sites excluding steroid dienone is 1. The predicted octanol–water partition coefficient (Wildman–Crippen LogP) is 2.49. The summed E-state index contributed by atoms with van der Waals surface area (Å²) in [5, 5.41) is 21.1. The third kappa shape index (κ3) is 3.87. The Morgan fingerprint density at radius 2 is 1.68 bits per heavy atom. The molecule has 0 aromatic carbocycles. The molecule has 0 aromatic heterocycles. The van der Waals surface area contributed by atoms with E-state index in [-0.39, 0.29) is 18.6 Å². The molecule has 0 spiro atoms. The first-order chi connectivity index (χ1) is 14.2. The van der Waals surface area contributed by atoms with Gasteiger partial charge in [0.2, 0.25) is 0 Å². The van der Waals surface area contributed by atoms with Gasteiger partial charge in [0.1, 0.15) is 18.3 Å². The molecule has 0 aliphatic heterocycles. The predicted molar refractivity (Wildman–Crippen MR) is 113 cm³/mol. The van der Waals surface area contributed by atoms with Crippen molar-refractivity contribution in [2.45, 2.75) is 85.2 Å². The Labute approximate surface area is 183 Å². The van der Waals surface area contributed by atoms with E-state index in [0.29, 0.717) is 17.6 Å². The van der Waals surface area contributed by atoms with Crippen LogP contribution in [0.1, 0.15) is 60.8 Å². The van der Waals surface area contributed by atoms with E-state index in [1.165, 1.54) is 13.8 Å². The first-order valence-electron chi connectivity index (χ1n) is 10.8. The number of fused-ring (bicyclic) bond motifs is 3. The minimum Gasteiger partial charge on any atom is -0.462 e. The van der Waals surface area contributed by atoms with Gasteiger partial charge in [-0.05, 0) is 24.3 Å². The van der Waals surface area contributed by atoms with Crippen LogP contribution in [0.4, 0.5) is 0 Å². The standard InChI is InChI=1S/C24H34O7/c1-11-8-17(30-13(3)25)20-22(31-14(4)26)19-12(2)21(29)16(28)10-24(19,7)9-15(27)18(11)23(20,5)6/h16-17,19-22,28-29H,2,8-10H2,1,3-7H3/t16-,17-,19-,20-,21+,22-,24+/m0/s1. The van der Waals surface area contributed by atoms with Crippen LogP contribution >= 0.6 is 0 Å². The number of aliphatic hydroxyl groups is 2. The van der Waals surface area contributed by atoms with Crippen LogP contribution in [0.5, 0.6) is 0 Å². The fraction of sp³-hybridized carbons (Fsp3) is 0.708. The number of ether oxygens (including phenoxy) is 2. The van der Waals surface area contributed by atoms with E-state index in [9.17, 15) is 24.6 Å². The second-order valence-corrected chi connectivity index (χ2v) is 10.4. The first kappa shape index (κ1) is 23.7. The van der Waals surface area contributed by atoms with E-state index in [2.05, 4.69) is 6.58 Å². The number of esters is 2. The normalized spacial score (nSPS) is 39.9. The quantitative estimate of drug-likeness (QED) is 0.507. The zero-order valence-corrected chi connectivity index (χ0v) is 19.2. The maximum absolute atomic E-state index is 13.6. The summed E-state index contributed by atoms with van der Waals surface area (Å²) < 4.78 is 11.6. The molecule has 0 heterocycles. The van der Waals surface area contributed by atoms with Crippen LogP contribution in [-0.2, 0) is 23.9 Å². The van der Waals surface area contributed by atoms with Crippen molar-refractivity contribution < 1.29 is 34.1 Å². The number of hydrogen-bond acceptors (Lipinski definition) is 7. The van der Waals surface area contributed by atoms with Gasteiger partial charge in [0, 0.05) is 49.5 Å². The topological polar surface area (TPSA) is 110 Å². The molecule has 0 amide bonds. The third-order valence-electron chi connectivity index (χ3n) is 7.53. The van der Waals surface area contributed by atoms with Crippen LogP contribution in [0.3, 0.4) is 0 Å². The second-order valence-electron chi connectivity index (χ2n) is 10.4. The average molecular weight is 435 g/mol. The molecule has 2 fully saturated rings. The first-order valence-corrected chi connectivity index (χ1v) is 10.8. The zero-order valence-electron chi connectivity index (χ0n) is 19.2. The second kappa shape index (κ2) is 7.85. The number of carbonyl (C=O) groups excluding carboxylic acids is 3. The van der Waals surface area contributed by atoms with Crippen molar-refractivity contribution in [1.82, 2.24) is 0 Å². The lowest BCUT2D eigenvalue weighted by molar-refractivity contribution is -0.182. The molecular formula is C24H34O7. The van der Waals surface area contributed by atoms with Crippen molar-refractivity contribution >= 4 is 17.7 Å². The van der Waals surface area contributed by atoms with E-state index < -0.39 is 59.0 Å². The molecule has 7 heteroatoms. The number of carbonyl (C=O) groups is 3. The Hall–Kier alpha value is -1.99. The lowest BCUT2D eigenvalue weighted by atomic mass is 9.50. The van der Waals surface area contributed by atoms with Gasteiger partial charge in [0.15, 0.2) is 5.78 Å². The van der Waals surface area contributed by atoms with Crippen LogP contribution < -0.4 is 0 Å². The van der Waals surface area contributed by atoms with Crippen molar-refractivity contribution in [2.75, 3.05) is 0 Å². The Kier molecular flexibility index (Phi) is 6.00. The minimum atomic E-state index is -1.19. The highest BCUT2D eigenvalue weighted by Gasteiger charge is 2.61. The van der Waals surface area contributed by atoms with E-state index in [1.807, 2.05) is 27.7 Å². The maximum atomic E-state index is 13.6. The fourth-order valence-electron chi connectivity index (χ4n) is 6.64. The molecule has 7 nitrogen and oxygen atoms in total. The van der Waals surface area contributed by atoms with Crippen LogP contribution in [0.15, 0.2) is 23.3 Å². The van der Waals surface area contributed by atoms with Crippen LogP contribution in [-0.4, -0.2) is 52.4 Å². The van der Waals surface area contributed by atoms with Gasteiger partial charge in [-0.25, -0.2) is 0 Å². The third-order valence-corrected chi connectivity index (χ3v) is 7.53. The van der Waals surface area contributed by atoms with E-state index in [4.69, 9.17) is 9.47 Å². The van der Waals surface area contributed by atoms with Gasteiger partial charge in [-0.15, -0.1) is 0 Å². The van der Waals surface area contributed by atoms with Crippen molar-refractivity contribution in [2.24, 2.45) is 22.7 Å². The summed E-state index contributed by atoms with van der Waals surface area (Å²) in [5.41, 5.74) is 0.334. The highest BCUT2D eigenvalue weighted by atomic mass is 16.6. The number of Topliss-reactive ketones (excluding diaryl/α,β-unsaturated/α-hetero) is 1. The summed E-state index contributed by atoms with van der Waals surface area (Å²) in [4.78, 5) is 37.7. The minimum absolute atomic E-state index is 0.0288. The van der Waals surface area contributed by atoms with Gasteiger partial charge in [0.25, 0.3) is 0 Å². The largest absolute Gasteiger partial charge is 0.462 e. The zero-order chi connectivity index (χ0) is 23.5. The highest BCUT2D eigenvalue weighted by Crippen LogP contribution is 2.59. The summed E-state index contributed by atoms with van der Waals surface area (Å²) in [6.45, 7) is 14.3. The number of ketones is 1. The highest BCUT2D eigenvalue weighted by molar-refractivity contribution is 5.98. The summed E-state index contributed by atoms with van der Waals surface area (Å²) >= 11 is 0. The fourth-order valence-corrected chi connectivity index (χ4v) is 6.64. The number of rotatable bonds is 2. The molecule has 7 atom stereocenters. The van der Waals surface area contributed by atoms with Gasteiger partial charge in [0.05, 0.1) is 6.10 Å². The SMILES string of the molecule is C=C1[C@@H](O)[C@@H](O)C[C@@]2(C)CC(=O)C3=C(C)C[C@H](OC(C)=O)[C@@H]([C@@H](OC(C)=O)[C@H]12)C3(C)C. The molecule has 2 N–H and O–H groups in total. The molecule has 172 valence electrons. The van der Waals surface area contributed by atoms with Crippen LogP contribution in [0, 0.1) is 22.7 Å². The Morgan fingerprint density at radius 1 is 1.10 bits per heavy atom. The Balaban J connectivity index is 2.28. The van der Waals surface area contributed by atoms with Crippen molar-refractivity contribution in [3.05, 3.63) is 23.3 Å². The van der Waals surface area contributed by atoms with Crippen molar-refractivity contribution in [1.29, 1.82) is 0 Å². The van der Waals surface area contributed by atoms with E-state index in [1.54, 1.807) is 0 Å². The molecule has 3 aliphatic rings. The molecule has 2 bridgehead atoms. The molecule has 31 heavy (non-hydrogen) atoms. The monoisotopic (exact) mass is 434 g/mol. The smallest absolute Gasteiger partial charge is 0.302 e. The molecule has 2 saturated carbocycles. The summed E-state index contributed by atoms with van der Waals surface area (Å²) in [6.07, 6.45) is -2.97. The molecule has 0 unspecified atom stereocenters. The molecule has 3 rings (SSSR count). The Morgan fingerprint density at radius 3 is 2.23 bits per heavy atom. The average Bonchev–Trinajstić information content (AvgIpc) is 2.56. The van der Waals surface area contributed by atoms with Gasteiger partial charge in [-0.2, -0.15) is 0 Å². The molecule has 3 aliphatic carbocycles. The maximum Gasteiger partial charge on any atom is 0.302 e. The number of hydrogen-bond donors (Lipinski definition) is 2.